The van der Waals surface area contributed by atoms with E-state index >= 15 is 0 Å². The van der Waals surface area contributed by atoms with E-state index in [2.05, 4.69) is 0 Å². The minimum atomic E-state index is -0.866. The Bertz CT molecular complexity index is 620. The first-order chi connectivity index (χ1) is 8.49. The lowest BCUT2D eigenvalue weighted by Gasteiger charge is -2.06. The van der Waals surface area contributed by atoms with Crippen LogP contribution < -0.4 is 0 Å². The van der Waals surface area contributed by atoms with Crippen LogP contribution in [0.25, 0.3) is 11.1 Å². The molecule has 92 valence electrons. The monoisotopic (exact) mass is 250 g/mol. The Hall–Kier alpha value is -2.10. The van der Waals surface area contributed by atoms with E-state index in [1.54, 1.807) is 0 Å². The van der Waals surface area contributed by atoms with Crippen LogP contribution in [0.4, 0.5) is 13.2 Å². The van der Waals surface area contributed by atoms with Crippen LogP contribution in [0.1, 0.15) is 17.3 Å². The second kappa shape index (κ2) is 4.64. The molecule has 2 aromatic rings. The topological polar surface area (TPSA) is 17.1 Å². The molecule has 0 atom stereocenters. The maximum absolute atomic E-state index is 13.6. The molecule has 0 N–H and O–H groups in total. The van der Waals surface area contributed by atoms with Gasteiger partial charge in [-0.2, -0.15) is 0 Å². The number of carbonyl (C=O) groups is 1. The van der Waals surface area contributed by atoms with E-state index in [-0.39, 0.29) is 22.5 Å². The van der Waals surface area contributed by atoms with Gasteiger partial charge in [-0.15, -0.1) is 0 Å². The number of Topliss-reactive ketones (excluding diaryl/α,β-unsaturated/α-hetero) is 1. The second-order valence-corrected chi connectivity index (χ2v) is 3.87. The molecule has 0 radical (unpaired) electrons. The van der Waals surface area contributed by atoms with Gasteiger partial charge in [0.15, 0.2) is 5.78 Å². The van der Waals surface area contributed by atoms with Gasteiger partial charge >= 0.3 is 0 Å². The Morgan fingerprint density at radius 1 is 0.889 bits per heavy atom. The van der Waals surface area contributed by atoms with Crippen molar-refractivity contribution in [1.29, 1.82) is 0 Å². The van der Waals surface area contributed by atoms with Crippen molar-refractivity contribution in [3.05, 3.63) is 59.4 Å². The predicted molar refractivity (Wildman–Crippen MR) is 61.8 cm³/mol. The van der Waals surface area contributed by atoms with Crippen molar-refractivity contribution < 1.29 is 18.0 Å². The van der Waals surface area contributed by atoms with E-state index in [1.807, 2.05) is 0 Å². The third-order valence-electron chi connectivity index (χ3n) is 2.59. The highest BCUT2D eigenvalue weighted by Gasteiger charge is 2.13. The normalized spacial score (nSPS) is 10.4. The molecule has 0 heterocycles. The first-order valence-electron chi connectivity index (χ1n) is 5.25. The lowest BCUT2D eigenvalue weighted by Crippen LogP contribution is -1.96. The fourth-order valence-electron chi connectivity index (χ4n) is 1.66. The molecule has 0 saturated heterocycles. The van der Waals surface area contributed by atoms with Crippen LogP contribution in [-0.4, -0.2) is 5.78 Å². The molecule has 0 spiro atoms. The van der Waals surface area contributed by atoms with Crippen molar-refractivity contribution in [1.82, 2.24) is 0 Å². The molecule has 0 aromatic heterocycles. The first-order valence-corrected chi connectivity index (χ1v) is 5.25. The van der Waals surface area contributed by atoms with Gasteiger partial charge in [0, 0.05) is 22.8 Å². The van der Waals surface area contributed by atoms with Crippen LogP contribution in [0.2, 0.25) is 0 Å². The summed E-state index contributed by atoms with van der Waals surface area (Å²) >= 11 is 0. The predicted octanol–water partition coefficient (Wildman–Crippen LogP) is 3.97. The minimum Gasteiger partial charge on any atom is -0.295 e. The van der Waals surface area contributed by atoms with E-state index in [9.17, 15) is 18.0 Å². The third-order valence-corrected chi connectivity index (χ3v) is 2.59. The number of rotatable bonds is 2. The number of hydrogen-bond donors (Lipinski definition) is 0. The molecular formula is C14H9F3O. The summed E-state index contributed by atoms with van der Waals surface area (Å²) in [5, 5.41) is 0. The molecule has 0 saturated carbocycles. The van der Waals surface area contributed by atoms with E-state index < -0.39 is 17.5 Å². The van der Waals surface area contributed by atoms with Gasteiger partial charge in [0.1, 0.15) is 17.5 Å². The first kappa shape index (κ1) is 12.4. The molecule has 18 heavy (non-hydrogen) atoms. The smallest absolute Gasteiger partial charge is 0.159 e. The molecule has 2 aromatic carbocycles. The van der Waals surface area contributed by atoms with Crippen LogP contribution in [0.15, 0.2) is 36.4 Å². The van der Waals surface area contributed by atoms with Crippen LogP contribution in [0, 0.1) is 17.5 Å². The van der Waals surface area contributed by atoms with Crippen molar-refractivity contribution in [2.24, 2.45) is 0 Å². The largest absolute Gasteiger partial charge is 0.295 e. The zero-order chi connectivity index (χ0) is 13.3. The zero-order valence-corrected chi connectivity index (χ0v) is 9.51. The van der Waals surface area contributed by atoms with Gasteiger partial charge in [-0.05, 0) is 37.3 Å². The Kier molecular flexibility index (Phi) is 3.19. The summed E-state index contributed by atoms with van der Waals surface area (Å²) in [5.74, 6) is -2.52. The van der Waals surface area contributed by atoms with Crippen LogP contribution in [0.5, 0.6) is 0 Å². The van der Waals surface area contributed by atoms with Crippen molar-refractivity contribution >= 4 is 5.78 Å². The number of carbonyl (C=O) groups excluding carboxylic acids is 1. The Labute approximate surface area is 102 Å². The lowest BCUT2D eigenvalue weighted by atomic mass is 10.0. The van der Waals surface area contributed by atoms with Gasteiger partial charge in [0.05, 0.1) is 0 Å². The van der Waals surface area contributed by atoms with Gasteiger partial charge in [-0.3, -0.25) is 4.79 Å². The van der Waals surface area contributed by atoms with E-state index in [0.29, 0.717) is 6.07 Å². The quantitative estimate of drug-likeness (QED) is 0.737. The molecule has 4 heteroatoms. The number of hydrogen-bond acceptors (Lipinski definition) is 1. The fraction of sp³-hybridized carbons (Fsp3) is 0.0714. The standard InChI is InChI=1S/C14H9F3O/c1-8(18)9-2-5-13(16)12(6-9)11-4-3-10(15)7-14(11)17/h2-7H,1H3. The average molecular weight is 250 g/mol. The average Bonchev–Trinajstić information content (AvgIpc) is 2.30. The summed E-state index contributed by atoms with van der Waals surface area (Å²) < 4.78 is 40.0. The Balaban J connectivity index is 2.62. The highest BCUT2D eigenvalue weighted by molar-refractivity contribution is 5.95. The SMILES string of the molecule is CC(=O)c1ccc(F)c(-c2ccc(F)cc2F)c1. The number of ketones is 1. The fourth-order valence-corrected chi connectivity index (χ4v) is 1.66. The minimum absolute atomic E-state index is 0.0554. The van der Waals surface area contributed by atoms with Gasteiger partial charge in [-0.1, -0.05) is 0 Å². The Morgan fingerprint density at radius 3 is 2.22 bits per heavy atom. The van der Waals surface area contributed by atoms with Crippen molar-refractivity contribution in [2.75, 3.05) is 0 Å². The second-order valence-electron chi connectivity index (χ2n) is 3.87. The molecule has 2 rings (SSSR count). The summed E-state index contributed by atoms with van der Waals surface area (Å²) in [6, 6.07) is 6.53. The van der Waals surface area contributed by atoms with E-state index in [4.69, 9.17) is 0 Å². The molecule has 0 aliphatic heterocycles. The molecule has 0 aliphatic rings. The number of halogens is 3. The van der Waals surface area contributed by atoms with Crippen molar-refractivity contribution in [3.8, 4) is 11.1 Å². The van der Waals surface area contributed by atoms with Gasteiger partial charge in [0.25, 0.3) is 0 Å². The highest BCUT2D eigenvalue weighted by Crippen LogP contribution is 2.27. The summed E-state index contributed by atoms with van der Waals surface area (Å²) in [4.78, 5) is 11.2. The van der Waals surface area contributed by atoms with E-state index in [1.165, 1.54) is 19.1 Å². The molecule has 0 fully saturated rings. The highest BCUT2D eigenvalue weighted by atomic mass is 19.1. The van der Waals surface area contributed by atoms with Gasteiger partial charge in [0.2, 0.25) is 0 Å². The lowest BCUT2D eigenvalue weighted by molar-refractivity contribution is 0.101. The molecule has 0 unspecified atom stereocenters. The van der Waals surface area contributed by atoms with Crippen LogP contribution in [-0.2, 0) is 0 Å². The molecule has 0 bridgehead atoms. The summed E-state index contributed by atoms with van der Waals surface area (Å²) in [5.41, 5.74) is 0.146. The third kappa shape index (κ3) is 2.27. The molecule has 0 amide bonds. The summed E-state index contributed by atoms with van der Waals surface area (Å²) in [7, 11) is 0. The zero-order valence-electron chi connectivity index (χ0n) is 9.51. The summed E-state index contributed by atoms with van der Waals surface area (Å²) in [6.45, 7) is 1.33. The van der Waals surface area contributed by atoms with Gasteiger partial charge in [-0.25, -0.2) is 13.2 Å². The van der Waals surface area contributed by atoms with Gasteiger partial charge < -0.3 is 0 Å². The molecule has 1 nitrogen and oxygen atoms in total. The van der Waals surface area contributed by atoms with Crippen molar-refractivity contribution in [3.63, 3.8) is 0 Å². The summed E-state index contributed by atoms with van der Waals surface area (Å²) in [6.07, 6.45) is 0. The maximum Gasteiger partial charge on any atom is 0.159 e. The van der Waals surface area contributed by atoms with Crippen LogP contribution in [0.3, 0.4) is 0 Å². The number of benzene rings is 2. The maximum atomic E-state index is 13.6. The van der Waals surface area contributed by atoms with E-state index in [0.717, 1.165) is 18.2 Å². The molecular weight excluding hydrogens is 241 g/mol. The Morgan fingerprint density at radius 2 is 1.61 bits per heavy atom. The van der Waals surface area contributed by atoms with Crippen LogP contribution >= 0.6 is 0 Å². The molecule has 0 aliphatic carbocycles. The van der Waals surface area contributed by atoms with Crippen molar-refractivity contribution in [2.45, 2.75) is 6.92 Å².